The molecule has 6 aromatic carbocycles. The molecule has 0 fully saturated rings. The van der Waals surface area contributed by atoms with Gasteiger partial charge in [-0.2, -0.15) is 0 Å². The summed E-state index contributed by atoms with van der Waals surface area (Å²) in [7, 11) is 0. The first-order valence-corrected chi connectivity index (χ1v) is 15.0. The smallest absolute Gasteiger partial charge is 0.169 e. The predicted octanol–water partition coefficient (Wildman–Crippen LogP) is 9.45. The van der Waals surface area contributed by atoms with Gasteiger partial charge in [0.1, 0.15) is 22.8 Å². The molecule has 1 aliphatic rings. The van der Waals surface area contributed by atoms with Crippen molar-refractivity contribution in [3.63, 3.8) is 0 Å². The molecule has 3 heterocycles. The van der Waals surface area contributed by atoms with Crippen molar-refractivity contribution < 1.29 is 4.42 Å². The Morgan fingerprint density at radius 3 is 2.22 bits per heavy atom. The minimum atomic E-state index is -0.450. The van der Waals surface area contributed by atoms with E-state index < -0.39 is 6.17 Å². The van der Waals surface area contributed by atoms with Crippen LogP contribution in [-0.4, -0.2) is 16.7 Å². The summed E-state index contributed by atoms with van der Waals surface area (Å²) in [6.45, 7) is 0. The van der Waals surface area contributed by atoms with E-state index in [9.17, 15) is 0 Å². The number of hydrogen-bond donors (Lipinski definition) is 1. The highest BCUT2D eigenvalue weighted by atomic mass is 16.3. The predicted molar refractivity (Wildman–Crippen MR) is 184 cm³/mol. The highest BCUT2D eigenvalue weighted by Crippen LogP contribution is 2.35. The molecule has 0 saturated heterocycles. The fraction of sp³-hybridized carbons (Fsp3) is 0.0250. The van der Waals surface area contributed by atoms with Crippen molar-refractivity contribution >= 4 is 55.3 Å². The van der Waals surface area contributed by atoms with E-state index in [1.165, 1.54) is 10.8 Å². The molecule has 0 radical (unpaired) electrons. The number of pyridine rings is 1. The monoisotopic (exact) mass is 578 g/mol. The van der Waals surface area contributed by atoms with Crippen LogP contribution in [0, 0.1) is 0 Å². The molecule has 9 rings (SSSR count). The fourth-order valence-electron chi connectivity index (χ4n) is 6.39. The molecule has 5 heteroatoms. The molecule has 1 N–H and O–H groups in total. The Balaban J connectivity index is 1.26. The summed E-state index contributed by atoms with van der Waals surface area (Å²) in [4.78, 5) is 15.2. The second-order valence-electron chi connectivity index (χ2n) is 11.3. The van der Waals surface area contributed by atoms with Crippen LogP contribution in [-0.2, 0) is 0 Å². The molecular weight excluding hydrogens is 552 g/mol. The molecule has 0 spiro atoms. The van der Waals surface area contributed by atoms with Crippen LogP contribution < -0.4 is 5.32 Å². The number of amidine groups is 2. The lowest BCUT2D eigenvalue weighted by atomic mass is 9.95. The molecule has 1 aliphatic heterocycles. The lowest BCUT2D eigenvalue weighted by Crippen LogP contribution is -2.36. The minimum absolute atomic E-state index is 0.450. The molecule has 0 aliphatic carbocycles. The topological polar surface area (TPSA) is 62.8 Å². The van der Waals surface area contributed by atoms with E-state index in [-0.39, 0.29) is 0 Å². The van der Waals surface area contributed by atoms with Gasteiger partial charge < -0.3 is 9.73 Å². The molecule has 1 atom stereocenters. The summed E-state index contributed by atoms with van der Waals surface area (Å²) < 4.78 is 6.19. The Hall–Kier alpha value is -6.07. The first-order valence-electron chi connectivity index (χ1n) is 15.0. The number of fused-ring (bicyclic) bond motifs is 5. The Morgan fingerprint density at radius 1 is 0.533 bits per heavy atom. The average molecular weight is 579 g/mol. The van der Waals surface area contributed by atoms with E-state index >= 15 is 0 Å². The SMILES string of the molecule is c1ccc(-c2cc(C3=NC(c4ccc5ccccc5c4)N=C(c4cccc5oc6cccnc6c45)N3)cc3ccccc23)cc1. The van der Waals surface area contributed by atoms with Gasteiger partial charge in [-0.1, -0.05) is 103 Å². The quantitative estimate of drug-likeness (QED) is 0.226. The molecule has 0 bridgehead atoms. The molecule has 1 unspecified atom stereocenters. The van der Waals surface area contributed by atoms with Gasteiger partial charge in [-0.05, 0) is 74.6 Å². The maximum absolute atomic E-state index is 6.19. The lowest BCUT2D eigenvalue weighted by molar-refractivity contribution is 0.668. The van der Waals surface area contributed by atoms with Gasteiger partial charge in [0.2, 0.25) is 0 Å². The maximum Gasteiger partial charge on any atom is 0.169 e. The summed E-state index contributed by atoms with van der Waals surface area (Å²) in [5.74, 6) is 1.49. The first kappa shape index (κ1) is 25.4. The van der Waals surface area contributed by atoms with Gasteiger partial charge in [-0.3, -0.25) is 4.98 Å². The van der Waals surface area contributed by atoms with E-state index in [0.717, 1.165) is 72.3 Å². The van der Waals surface area contributed by atoms with Crippen LogP contribution in [0.2, 0.25) is 0 Å². The third-order valence-corrected chi connectivity index (χ3v) is 8.54. The van der Waals surface area contributed by atoms with Gasteiger partial charge in [0.05, 0.1) is 5.39 Å². The molecule has 212 valence electrons. The molecule has 5 nitrogen and oxygen atoms in total. The summed E-state index contributed by atoms with van der Waals surface area (Å²) in [6, 6.07) is 48.3. The molecule has 0 saturated carbocycles. The highest BCUT2D eigenvalue weighted by Gasteiger charge is 2.24. The molecule has 0 amide bonds. The summed E-state index contributed by atoms with van der Waals surface area (Å²) in [6.07, 6.45) is 1.35. The van der Waals surface area contributed by atoms with E-state index in [1.807, 2.05) is 30.3 Å². The van der Waals surface area contributed by atoms with Gasteiger partial charge in [0.15, 0.2) is 11.7 Å². The van der Waals surface area contributed by atoms with Crippen molar-refractivity contribution in [1.82, 2.24) is 10.3 Å². The number of nitrogens with zero attached hydrogens (tertiary/aromatic N) is 3. The number of aromatic nitrogens is 1. The van der Waals surface area contributed by atoms with Crippen LogP contribution in [0.15, 0.2) is 160 Å². The van der Waals surface area contributed by atoms with Gasteiger partial charge in [-0.25, -0.2) is 9.98 Å². The zero-order valence-corrected chi connectivity index (χ0v) is 24.2. The lowest BCUT2D eigenvalue weighted by Gasteiger charge is -2.23. The largest absolute Gasteiger partial charge is 0.454 e. The number of furan rings is 1. The van der Waals surface area contributed by atoms with Crippen molar-refractivity contribution in [3.8, 4) is 11.1 Å². The van der Waals surface area contributed by atoms with Crippen molar-refractivity contribution in [2.45, 2.75) is 6.17 Å². The molecule has 2 aromatic heterocycles. The molecule has 45 heavy (non-hydrogen) atoms. The van der Waals surface area contributed by atoms with Gasteiger partial charge >= 0.3 is 0 Å². The number of nitrogens with one attached hydrogen (secondary N) is 1. The van der Waals surface area contributed by atoms with Crippen molar-refractivity contribution in [2.75, 3.05) is 0 Å². The summed E-state index contributed by atoms with van der Waals surface area (Å²) >= 11 is 0. The Bertz CT molecular complexity index is 2470. The highest BCUT2D eigenvalue weighted by molar-refractivity contribution is 6.23. The van der Waals surface area contributed by atoms with Gasteiger partial charge in [0, 0.05) is 17.3 Å². The minimum Gasteiger partial charge on any atom is -0.454 e. The number of aliphatic imine (C=N–C) groups is 2. The van der Waals surface area contributed by atoms with Crippen molar-refractivity contribution in [3.05, 3.63) is 162 Å². The van der Waals surface area contributed by atoms with Crippen LogP contribution in [0.3, 0.4) is 0 Å². The Kier molecular flexibility index (Phi) is 5.81. The van der Waals surface area contributed by atoms with E-state index in [4.69, 9.17) is 14.4 Å². The van der Waals surface area contributed by atoms with E-state index in [0.29, 0.717) is 0 Å². The third-order valence-electron chi connectivity index (χ3n) is 8.54. The maximum atomic E-state index is 6.19. The number of benzene rings is 6. The van der Waals surface area contributed by atoms with Gasteiger partial charge in [0.25, 0.3) is 0 Å². The molecule has 8 aromatic rings. The third kappa shape index (κ3) is 4.36. The standard InChI is InChI=1S/C40H26N4O/c1-2-11-26(12-3-1)33-24-30(23-28-14-6-7-15-31(28)33)39-42-38(29-20-19-25-10-4-5-13-27(25)22-29)43-40(44-39)32-16-8-17-34-36(32)37-35(45-34)18-9-21-41-37/h1-24,38H,(H,42,43,44). The molecular formula is C40H26N4O. The van der Waals surface area contributed by atoms with Crippen LogP contribution in [0.1, 0.15) is 22.9 Å². The van der Waals surface area contributed by atoms with Crippen LogP contribution in [0.5, 0.6) is 0 Å². The van der Waals surface area contributed by atoms with Crippen LogP contribution >= 0.6 is 0 Å². The Morgan fingerprint density at radius 2 is 1.31 bits per heavy atom. The van der Waals surface area contributed by atoms with E-state index in [1.54, 1.807) is 6.20 Å². The van der Waals surface area contributed by atoms with Crippen LogP contribution in [0.4, 0.5) is 0 Å². The number of rotatable bonds is 4. The average Bonchev–Trinajstić information content (AvgIpc) is 3.50. The van der Waals surface area contributed by atoms with Gasteiger partial charge in [-0.15, -0.1) is 0 Å². The second-order valence-corrected chi connectivity index (χ2v) is 11.3. The zero-order chi connectivity index (χ0) is 29.7. The second kappa shape index (κ2) is 10.3. The van der Waals surface area contributed by atoms with Crippen molar-refractivity contribution in [1.29, 1.82) is 0 Å². The summed E-state index contributed by atoms with van der Waals surface area (Å²) in [5, 5.41) is 9.27. The Labute approximate surface area is 259 Å². The fourth-order valence-corrected chi connectivity index (χ4v) is 6.39. The number of hydrogen-bond acceptors (Lipinski definition) is 5. The van der Waals surface area contributed by atoms with Crippen molar-refractivity contribution in [2.24, 2.45) is 9.98 Å². The first-order chi connectivity index (χ1) is 22.3. The summed E-state index contributed by atoms with van der Waals surface area (Å²) in [5.41, 5.74) is 7.60. The van der Waals surface area contributed by atoms with Crippen LogP contribution in [0.25, 0.3) is 54.7 Å². The zero-order valence-electron chi connectivity index (χ0n) is 24.2. The van der Waals surface area contributed by atoms with E-state index in [2.05, 4.69) is 119 Å². The normalized spacial score (nSPS) is 14.9.